The smallest absolute Gasteiger partial charge is 0.473 e. The average Bonchev–Trinajstić information content (AvgIpc) is 3.98. The lowest BCUT2D eigenvalue weighted by Gasteiger charge is -2.05. The molecule has 24 heteroatoms. The number of nitro groups is 2. The summed E-state index contributed by atoms with van der Waals surface area (Å²) in [5.74, 6) is 0.621. The van der Waals surface area contributed by atoms with Gasteiger partial charge in [-0.3, -0.25) is 20.2 Å². The number of fused-ring (bicyclic) bond motifs is 2. The Balaban J connectivity index is 0.000000211. The maximum Gasteiger partial charge on any atom is 0.526 e. The zero-order valence-electron chi connectivity index (χ0n) is 29.2. The Kier molecular flexibility index (Phi) is 13.8. The van der Waals surface area contributed by atoms with Crippen molar-refractivity contribution >= 4 is 70.0 Å². The lowest BCUT2D eigenvalue weighted by atomic mass is 9.88. The third kappa shape index (κ3) is 9.71. The molecule has 6 N–H and O–H groups in total. The monoisotopic (exact) mass is 814 g/mol. The molecule has 6 aromatic heterocycles. The van der Waals surface area contributed by atoms with Gasteiger partial charge < -0.3 is 30.3 Å². The topological polar surface area (TPSA) is 318 Å². The number of aromatic nitrogens is 10. The van der Waals surface area contributed by atoms with Gasteiger partial charge in [0.15, 0.2) is 33.2 Å². The van der Waals surface area contributed by atoms with E-state index in [1.54, 1.807) is 61.0 Å². The molecular formula is C34H36BClN14O8. The number of hydrogen-bond donors (Lipinski definition) is 4. The van der Waals surface area contributed by atoms with Crippen molar-refractivity contribution in [2.75, 3.05) is 11.5 Å². The fraction of sp³-hybridized carbons (Fsp3) is 0.176. The Morgan fingerprint density at radius 2 is 1.24 bits per heavy atom. The van der Waals surface area contributed by atoms with E-state index in [9.17, 15) is 20.2 Å². The second-order valence-corrected chi connectivity index (χ2v) is 12.1. The Morgan fingerprint density at radius 1 is 0.741 bits per heavy atom. The number of nitro benzene ring substituents is 2. The van der Waals surface area contributed by atoms with Crippen molar-refractivity contribution in [2.45, 2.75) is 41.8 Å². The van der Waals surface area contributed by atoms with Crippen LogP contribution in [0.3, 0.4) is 0 Å². The molecule has 0 saturated heterocycles. The van der Waals surface area contributed by atoms with Gasteiger partial charge >= 0.3 is 7.12 Å². The fourth-order valence-corrected chi connectivity index (χ4v) is 5.54. The number of aryl methyl sites for hydroxylation is 2. The third-order valence-corrected chi connectivity index (χ3v) is 8.11. The number of anilines is 2. The van der Waals surface area contributed by atoms with Gasteiger partial charge in [0.25, 0.3) is 11.4 Å². The number of benzene rings is 2. The van der Waals surface area contributed by atoms with Gasteiger partial charge in [0.05, 0.1) is 35.5 Å². The van der Waals surface area contributed by atoms with Crippen LogP contribution in [-0.2, 0) is 13.1 Å². The molecule has 0 amide bonds. The van der Waals surface area contributed by atoms with Gasteiger partial charge in [0.1, 0.15) is 11.4 Å². The quantitative estimate of drug-likeness (QED) is 0.0719. The van der Waals surface area contributed by atoms with Crippen LogP contribution < -0.4 is 17.1 Å². The van der Waals surface area contributed by atoms with E-state index in [-0.39, 0.29) is 48.9 Å². The number of hydrogen-bond acceptors (Lipinski definition) is 18. The molecule has 0 radical (unpaired) electrons. The van der Waals surface area contributed by atoms with Crippen molar-refractivity contribution < 1.29 is 28.7 Å². The SMILES string of the molecule is C.C.Cc1cc(Cn2nnc3c(-c4ccco4)nc(N)nc32)ccc1[N+](=O)[O-].Cc1cc(Cn2nnc3c(Cl)nc(N)nc32)ccc1[N+](=O)[O-].OB(O)c1ccco1. The van der Waals surface area contributed by atoms with E-state index in [2.05, 4.69) is 45.0 Å². The lowest BCUT2D eigenvalue weighted by molar-refractivity contribution is -0.385. The first-order valence-corrected chi connectivity index (χ1v) is 16.5. The molecule has 22 nitrogen and oxygen atoms in total. The zero-order chi connectivity index (χ0) is 40.1. The summed E-state index contributed by atoms with van der Waals surface area (Å²) >= 11 is 5.94. The molecule has 0 spiro atoms. The van der Waals surface area contributed by atoms with Crippen molar-refractivity contribution in [3.05, 3.63) is 121 Å². The van der Waals surface area contributed by atoms with Crippen molar-refractivity contribution in [1.29, 1.82) is 0 Å². The molecule has 0 unspecified atom stereocenters. The largest absolute Gasteiger partial charge is 0.526 e. The van der Waals surface area contributed by atoms with Crippen molar-refractivity contribution in [1.82, 2.24) is 49.9 Å². The van der Waals surface area contributed by atoms with Gasteiger partial charge in [-0.2, -0.15) is 15.0 Å². The van der Waals surface area contributed by atoms with Crippen molar-refractivity contribution in [2.24, 2.45) is 0 Å². The van der Waals surface area contributed by atoms with E-state index in [0.29, 0.717) is 58.0 Å². The van der Waals surface area contributed by atoms with Crippen LogP contribution in [-0.4, -0.2) is 76.9 Å². The average molecular weight is 815 g/mol. The summed E-state index contributed by atoms with van der Waals surface area (Å²) in [6, 6.07) is 16.3. The van der Waals surface area contributed by atoms with E-state index in [1.165, 1.54) is 35.4 Å². The Morgan fingerprint density at radius 3 is 1.69 bits per heavy atom. The van der Waals surface area contributed by atoms with Crippen molar-refractivity contribution in [3.8, 4) is 11.5 Å². The molecule has 58 heavy (non-hydrogen) atoms. The number of nitrogen functional groups attached to an aromatic ring is 2. The summed E-state index contributed by atoms with van der Waals surface area (Å²) in [5.41, 5.74) is 16.7. The van der Waals surface area contributed by atoms with Gasteiger partial charge in [0.2, 0.25) is 11.9 Å². The predicted octanol–water partition coefficient (Wildman–Crippen LogP) is 4.28. The highest BCUT2D eigenvalue weighted by molar-refractivity contribution is 6.56. The molecule has 0 fully saturated rings. The summed E-state index contributed by atoms with van der Waals surface area (Å²) in [6.07, 6.45) is 2.91. The minimum atomic E-state index is -1.48. The zero-order valence-corrected chi connectivity index (χ0v) is 29.9. The van der Waals surface area contributed by atoms with Gasteiger partial charge in [-0.25, -0.2) is 14.3 Å². The lowest BCUT2D eigenvalue weighted by Crippen LogP contribution is -2.27. The Bertz CT molecular complexity index is 2670. The Labute approximate surface area is 333 Å². The second kappa shape index (κ2) is 18.5. The van der Waals surface area contributed by atoms with Crippen LogP contribution in [0.4, 0.5) is 23.3 Å². The summed E-state index contributed by atoms with van der Waals surface area (Å²) in [5, 5.41) is 54.8. The molecule has 300 valence electrons. The van der Waals surface area contributed by atoms with Crippen LogP contribution in [0, 0.1) is 34.1 Å². The fourth-order valence-electron chi connectivity index (χ4n) is 5.34. The molecule has 2 aromatic carbocycles. The normalized spacial score (nSPS) is 10.4. The van der Waals surface area contributed by atoms with Gasteiger partial charge in [-0.05, 0) is 61.4 Å². The minimum absolute atomic E-state index is 0. The second-order valence-electron chi connectivity index (χ2n) is 11.8. The van der Waals surface area contributed by atoms with Crippen LogP contribution in [0.1, 0.15) is 37.1 Å². The first-order valence-electron chi connectivity index (χ1n) is 16.1. The Hall–Kier alpha value is -7.37. The molecule has 0 aliphatic heterocycles. The number of nitrogens with zero attached hydrogens (tertiary/aromatic N) is 12. The van der Waals surface area contributed by atoms with E-state index >= 15 is 0 Å². The number of halogens is 1. The summed E-state index contributed by atoms with van der Waals surface area (Å²) in [7, 11) is -1.48. The summed E-state index contributed by atoms with van der Waals surface area (Å²) in [6.45, 7) is 4.04. The van der Waals surface area contributed by atoms with E-state index in [0.717, 1.165) is 11.1 Å². The van der Waals surface area contributed by atoms with Crippen LogP contribution in [0.15, 0.2) is 82.0 Å². The molecule has 0 bridgehead atoms. The maximum absolute atomic E-state index is 11.0. The molecule has 0 atom stereocenters. The molecule has 6 heterocycles. The third-order valence-electron chi connectivity index (χ3n) is 7.85. The van der Waals surface area contributed by atoms with Crippen LogP contribution >= 0.6 is 11.6 Å². The minimum Gasteiger partial charge on any atom is -0.473 e. The molecule has 0 aliphatic rings. The molecular weight excluding hydrogens is 779 g/mol. The highest BCUT2D eigenvalue weighted by atomic mass is 35.5. The van der Waals surface area contributed by atoms with Crippen molar-refractivity contribution in [3.63, 3.8) is 0 Å². The molecule has 0 saturated carbocycles. The summed E-state index contributed by atoms with van der Waals surface area (Å²) < 4.78 is 13.1. The maximum atomic E-state index is 11.0. The number of nitrogens with two attached hydrogens (primary N) is 2. The molecule has 8 rings (SSSR count). The van der Waals surface area contributed by atoms with E-state index < -0.39 is 17.0 Å². The first kappa shape index (κ1) is 43.4. The summed E-state index contributed by atoms with van der Waals surface area (Å²) in [4.78, 5) is 37.3. The van der Waals surface area contributed by atoms with Gasteiger partial charge in [-0.1, -0.05) is 49.0 Å². The predicted molar refractivity (Wildman–Crippen MR) is 214 cm³/mol. The van der Waals surface area contributed by atoms with Crippen LogP contribution in [0.2, 0.25) is 5.15 Å². The van der Waals surface area contributed by atoms with Crippen LogP contribution in [0.25, 0.3) is 33.8 Å². The highest BCUT2D eigenvalue weighted by Gasteiger charge is 2.19. The van der Waals surface area contributed by atoms with E-state index in [1.807, 2.05) is 0 Å². The number of rotatable bonds is 8. The van der Waals surface area contributed by atoms with Crippen LogP contribution in [0.5, 0.6) is 0 Å². The number of furan rings is 2. The first-order chi connectivity index (χ1) is 26.8. The van der Waals surface area contributed by atoms with E-state index in [4.69, 9.17) is 37.5 Å². The standard InChI is InChI=1S/C16H13N7O3.C12H10ClN7O2.C4H5BO3.2CH4/c1-9-7-10(4-5-11(9)23(24)25)8-22-15-14(20-21-22)13(18-16(17)19-15)12-3-2-6-26-12;1-6-4-7(2-3-8(6)20(21)22)5-19-11-9(17-18-19)10(13)15-12(14)16-11;6-5(7)4-2-1-3-8-4;;/h2-7H,8H2,1H3,(H2,17,18,19);2-4H,5H2,1H3,(H2,14,15,16);1-3,6-7H;2*1H4. The highest BCUT2D eigenvalue weighted by Crippen LogP contribution is 2.27. The molecule has 8 aromatic rings. The van der Waals surface area contributed by atoms with Gasteiger partial charge in [0, 0.05) is 23.3 Å². The van der Waals surface area contributed by atoms with Gasteiger partial charge in [-0.15, -0.1) is 10.2 Å². The molecule has 0 aliphatic carbocycles.